The van der Waals surface area contributed by atoms with E-state index in [0.29, 0.717) is 24.2 Å². The van der Waals surface area contributed by atoms with Crippen LogP contribution in [0.5, 0.6) is 0 Å². The summed E-state index contributed by atoms with van der Waals surface area (Å²) in [6, 6.07) is 12.0. The third-order valence-corrected chi connectivity index (χ3v) is 6.91. The minimum Gasteiger partial charge on any atom is -0.329 e. The fourth-order valence-corrected chi connectivity index (χ4v) is 5.00. The van der Waals surface area contributed by atoms with Gasteiger partial charge in [0.15, 0.2) is 5.16 Å². The van der Waals surface area contributed by atoms with Gasteiger partial charge in [0.05, 0.1) is 10.6 Å². The van der Waals surface area contributed by atoms with Gasteiger partial charge in [0, 0.05) is 36.4 Å². The molecule has 3 aromatic rings. The number of anilines is 2. The second-order valence-electron chi connectivity index (χ2n) is 6.39. The van der Waals surface area contributed by atoms with Gasteiger partial charge in [-0.3, -0.25) is 9.52 Å². The lowest BCUT2D eigenvalue weighted by atomic mass is 10.0. The molecule has 0 spiro atoms. The summed E-state index contributed by atoms with van der Waals surface area (Å²) in [4.78, 5) is 16.7. The van der Waals surface area contributed by atoms with Gasteiger partial charge in [0.1, 0.15) is 0 Å². The van der Waals surface area contributed by atoms with E-state index in [2.05, 4.69) is 15.0 Å². The fourth-order valence-electron chi connectivity index (χ4n) is 2.92. The molecule has 28 heavy (non-hydrogen) atoms. The van der Waals surface area contributed by atoms with Crippen LogP contribution < -0.4 is 10.0 Å². The van der Waals surface area contributed by atoms with Crippen LogP contribution in [0.3, 0.4) is 0 Å². The van der Waals surface area contributed by atoms with Gasteiger partial charge in [-0.15, -0.1) is 0 Å². The van der Waals surface area contributed by atoms with Gasteiger partial charge < -0.3 is 9.88 Å². The Balaban J connectivity index is 1.62. The summed E-state index contributed by atoms with van der Waals surface area (Å²) in [6.45, 7) is 0. The maximum Gasteiger partial charge on any atom is 0.261 e. The molecule has 0 bridgehead atoms. The molecule has 2 N–H and O–H groups in total. The van der Waals surface area contributed by atoms with E-state index in [1.165, 1.54) is 17.8 Å². The normalized spacial score (nSPS) is 13.7. The quantitative estimate of drug-likeness (QED) is 0.668. The standard InChI is InChI=1S/C19H18N4O3S2/c1-23-11-10-20-19(23)27-17-5-3-2-4-16(17)22-28(25,26)14-7-8-15-13(12-14)6-9-18(24)21-15/h2-5,7-8,10-12,22H,6,9H2,1H3,(H,21,24). The van der Waals surface area contributed by atoms with E-state index >= 15 is 0 Å². The molecule has 2 heterocycles. The second kappa shape index (κ2) is 7.33. The van der Waals surface area contributed by atoms with Crippen molar-refractivity contribution in [3.63, 3.8) is 0 Å². The van der Waals surface area contributed by atoms with Crippen molar-refractivity contribution < 1.29 is 13.2 Å². The molecule has 144 valence electrons. The summed E-state index contributed by atoms with van der Waals surface area (Å²) in [5.74, 6) is -0.0542. The molecule has 0 atom stereocenters. The smallest absolute Gasteiger partial charge is 0.261 e. The maximum absolute atomic E-state index is 12.9. The lowest BCUT2D eigenvalue weighted by molar-refractivity contribution is -0.116. The van der Waals surface area contributed by atoms with Crippen LogP contribution in [0, 0.1) is 0 Å². The first-order chi connectivity index (χ1) is 13.4. The van der Waals surface area contributed by atoms with E-state index in [-0.39, 0.29) is 10.8 Å². The first-order valence-electron chi connectivity index (χ1n) is 8.62. The van der Waals surface area contributed by atoms with Crippen LogP contribution in [0.25, 0.3) is 0 Å². The number of carbonyl (C=O) groups is 1. The Morgan fingerprint density at radius 3 is 2.79 bits per heavy atom. The highest BCUT2D eigenvalue weighted by Crippen LogP contribution is 2.34. The van der Waals surface area contributed by atoms with Gasteiger partial charge in [-0.25, -0.2) is 13.4 Å². The number of rotatable bonds is 5. The number of benzene rings is 2. The number of fused-ring (bicyclic) bond motifs is 1. The van der Waals surface area contributed by atoms with Crippen molar-refractivity contribution in [1.29, 1.82) is 0 Å². The van der Waals surface area contributed by atoms with Gasteiger partial charge in [-0.1, -0.05) is 12.1 Å². The lowest BCUT2D eigenvalue weighted by Crippen LogP contribution is -2.20. The van der Waals surface area contributed by atoms with Gasteiger partial charge in [0.2, 0.25) is 5.91 Å². The second-order valence-corrected chi connectivity index (χ2v) is 9.08. The monoisotopic (exact) mass is 414 g/mol. The zero-order valence-corrected chi connectivity index (χ0v) is 16.7. The molecule has 7 nitrogen and oxygen atoms in total. The molecule has 1 amide bonds. The zero-order valence-electron chi connectivity index (χ0n) is 15.0. The van der Waals surface area contributed by atoms with Crippen LogP contribution >= 0.6 is 11.8 Å². The van der Waals surface area contributed by atoms with E-state index in [9.17, 15) is 13.2 Å². The van der Waals surface area contributed by atoms with Crippen molar-refractivity contribution in [2.24, 2.45) is 7.05 Å². The van der Waals surface area contributed by atoms with E-state index in [1.54, 1.807) is 30.5 Å². The van der Waals surface area contributed by atoms with Crippen LogP contribution in [0.2, 0.25) is 0 Å². The Morgan fingerprint density at radius 2 is 2.00 bits per heavy atom. The topological polar surface area (TPSA) is 93.1 Å². The average Bonchev–Trinajstić information content (AvgIpc) is 3.07. The first-order valence-corrected chi connectivity index (χ1v) is 10.9. The summed E-state index contributed by atoms with van der Waals surface area (Å²) in [5, 5.41) is 3.52. The summed E-state index contributed by atoms with van der Waals surface area (Å²) in [5.41, 5.74) is 1.97. The summed E-state index contributed by atoms with van der Waals surface area (Å²) in [6.07, 6.45) is 4.41. The van der Waals surface area contributed by atoms with Crippen molar-refractivity contribution in [1.82, 2.24) is 9.55 Å². The number of carbonyl (C=O) groups excluding carboxylic acids is 1. The Bertz CT molecular complexity index is 1160. The number of hydrogen-bond donors (Lipinski definition) is 2. The van der Waals surface area contributed by atoms with E-state index in [0.717, 1.165) is 15.6 Å². The molecule has 0 saturated carbocycles. The molecule has 2 aromatic carbocycles. The number of imidazole rings is 1. The third kappa shape index (κ3) is 3.76. The molecule has 1 aromatic heterocycles. The molecular formula is C19H18N4O3S2. The summed E-state index contributed by atoms with van der Waals surface area (Å²) in [7, 11) is -1.89. The van der Waals surface area contributed by atoms with Gasteiger partial charge in [-0.05, 0) is 54.1 Å². The number of hydrogen-bond acceptors (Lipinski definition) is 5. The Kier molecular flexibility index (Phi) is 4.86. The number of sulfonamides is 1. The highest BCUT2D eigenvalue weighted by Gasteiger charge is 2.21. The van der Waals surface area contributed by atoms with Crippen molar-refractivity contribution in [2.45, 2.75) is 27.8 Å². The largest absolute Gasteiger partial charge is 0.329 e. The number of nitrogens with zero attached hydrogens (tertiary/aromatic N) is 2. The van der Waals surface area contributed by atoms with Gasteiger partial charge in [-0.2, -0.15) is 0 Å². The fraction of sp³-hybridized carbons (Fsp3) is 0.158. The molecule has 0 unspecified atom stereocenters. The molecular weight excluding hydrogens is 396 g/mol. The van der Waals surface area contributed by atoms with Crippen LogP contribution in [0.1, 0.15) is 12.0 Å². The minimum atomic E-state index is -3.78. The molecule has 4 rings (SSSR count). The Morgan fingerprint density at radius 1 is 1.18 bits per heavy atom. The van der Waals surface area contributed by atoms with Crippen molar-refractivity contribution >= 4 is 39.1 Å². The maximum atomic E-state index is 12.9. The number of aryl methyl sites for hydroxylation is 2. The van der Waals surface area contributed by atoms with E-state index < -0.39 is 10.0 Å². The van der Waals surface area contributed by atoms with Crippen LogP contribution in [0.15, 0.2) is 69.8 Å². The van der Waals surface area contributed by atoms with E-state index in [4.69, 9.17) is 0 Å². The molecule has 0 radical (unpaired) electrons. The predicted molar refractivity (Wildman–Crippen MR) is 108 cm³/mol. The van der Waals surface area contributed by atoms with Crippen molar-refractivity contribution in [3.8, 4) is 0 Å². The molecule has 0 saturated heterocycles. The van der Waals surface area contributed by atoms with Crippen LogP contribution in [0.4, 0.5) is 11.4 Å². The predicted octanol–water partition coefficient (Wildman–Crippen LogP) is 3.26. The average molecular weight is 415 g/mol. The highest BCUT2D eigenvalue weighted by molar-refractivity contribution is 7.99. The van der Waals surface area contributed by atoms with Gasteiger partial charge in [0.25, 0.3) is 10.0 Å². The van der Waals surface area contributed by atoms with Crippen LogP contribution in [-0.2, 0) is 28.3 Å². The number of amides is 1. The summed E-state index contributed by atoms with van der Waals surface area (Å²) >= 11 is 1.38. The highest BCUT2D eigenvalue weighted by atomic mass is 32.2. The van der Waals surface area contributed by atoms with Crippen LogP contribution in [-0.4, -0.2) is 23.9 Å². The number of para-hydroxylation sites is 1. The minimum absolute atomic E-state index is 0.0542. The SMILES string of the molecule is Cn1ccnc1Sc1ccccc1NS(=O)(=O)c1ccc2c(c1)CCC(=O)N2. The third-order valence-electron chi connectivity index (χ3n) is 4.39. The Labute approximate surface area is 167 Å². The molecule has 9 heteroatoms. The molecule has 0 fully saturated rings. The van der Waals surface area contributed by atoms with E-state index in [1.807, 2.05) is 29.9 Å². The molecule has 1 aliphatic rings. The van der Waals surface area contributed by atoms with Crippen molar-refractivity contribution in [2.75, 3.05) is 10.0 Å². The first kappa shape index (κ1) is 18.6. The molecule has 0 aliphatic carbocycles. The van der Waals surface area contributed by atoms with Crippen molar-refractivity contribution in [3.05, 3.63) is 60.4 Å². The zero-order chi connectivity index (χ0) is 19.7. The molecule has 1 aliphatic heterocycles. The lowest BCUT2D eigenvalue weighted by Gasteiger charge is -2.18. The van der Waals surface area contributed by atoms with Gasteiger partial charge >= 0.3 is 0 Å². The number of aromatic nitrogens is 2. The number of nitrogens with one attached hydrogen (secondary N) is 2. The Hall–Kier alpha value is -2.78. The summed E-state index contributed by atoms with van der Waals surface area (Å²) < 4.78 is 30.4.